The number of pyridine rings is 1. The van der Waals surface area contributed by atoms with Crippen LogP contribution in [-0.4, -0.2) is 30.2 Å². The molecule has 0 saturated carbocycles. The molecule has 0 aliphatic rings. The number of ether oxygens (including phenoxy) is 2. The van der Waals surface area contributed by atoms with Gasteiger partial charge in [-0.25, -0.2) is 14.8 Å². The highest BCUT2D eigenvalue weighted by Gasteiger charge is 2.12. The Labute approximate surface area is 102 Å². The standard InChI is InChI=1S/C11H10N2O3S/c1-15-9-5-3-4-7(12-9)10-13-8(6-17-10)11(14)16-2/h3-6H,1-2H3. The van der Waals surface area contributed by atoms with Gasteiger partial charge in [0.05, 0.1) is 14.2 Å². The molecule has 0 aromatic carbocycles. The zero-order valence-corrected chi connectivity index (χ0v) is 10.2. The maximum absolute atomic E-state index is 11.3. The number of thiazole rings is 1. The average Bonchev–Trinajstić information content (AvgIpc) is 2.87. The summed E-state index contributed by atoms with van der Waals surface area (Å²) >= 11 is 1.34. The molecular formula is C11H10N2O3S. The van der Waals surface area contributed by atoms with Gasteiger partial charge in [-0.3, -0.25) is 0 Å². The van der Waals surface area contributed by atoms with Crippen molar-refractivity contribution in [1.82, 2.24) is 9.97 Å². The molecule has 0 amide bonds. The number of hydrogen-bond donors (Lipinski definition) is 0. The summed E-state index contributed by atoms with van der Waals surface area (Å²) in [5.74, 6) is 0.0627. The Morgan fingerprint density at radius 3 is 2.82 bits per heavy atom. The summed E-state index contributed by atoms with van der Waals surface area (Å²) in [5, 5.41) is 2.30. The van der Waals surface area contributed by atoms with Crippen LogP contribution in [0.25, 0.3) is 10.7 Å². The van der Waals surface area contributed by atoms with Crippen molar-refractivity contribution < 1.29 is 14.3 Å². The topological polar surface area (TPSA) is 61.3 Å². The van der Waals surface area contributed by atoms with Crippen LogP contribution in [0.2, 0.25) is 0 Å². The lowest BCUT2D eigenvalue weighted by atomic mass is 10.3. The van der Waals surface area contributed by atoms with E-state index >= 15 is 0 Å². The first-order valence-corrected chi connectivity index (χ1v) is 5.68. The van der Waals surface area contributed by atoms with Crippen molar-refractivity contribution in [1.29, 1.82) is 0 Å². The smallest absolute Gasteiger partial charge is 0.357 e. The molecule has 0 bridgehead atoms. The molecule has 2 heterocycles. The Balaban J connectivity index is 2.33. The number of esters is 1. The van der Waals surface area contributed by atoms with Crippen LogP contribution >= 0.6 is 11.3 Å². The van der Waals surface area contributed by atoms with Gasteiger partial charge in [0.2, 0.25) is 5.88 Å². The minimum Gasteiger partial charge on any atom is -0.481 e. The van der Waals surface area contributed by atoms with E-state index in [0.29, 0.717) is 16.6 Å². The number of hydrogen-bond acceptors (Lipinski definition) is 6. The van der Waals surface area contributed by atoms with Gasteiger partial charge in [-0.05, 0) is 6.07 Å². The van der Waals surface area contributed by atoms with E-state index < -0.39 is 5.97 Å². The van der Waals surface area contributed by atoms with Crippen molar-refractivity contribution in [3.8, 4) is 16.6 Å². The molecule has 0 aliphatic heterocycles. The number of nitrogens with zero attached hydrogens (tertiary/aromatic N) is 2. The molecule has 2 aromatic heterocycles. The molecule has 0 radical (unpaired) electrons. The van der Waals surface area contributed by atoms with E-state index in [1.165, 1.54) is 18.4 Å². The molecule has 0 aliphatic carbocycles. The third-order valence-corrected chi connectivity index (χ3v) is 2.92. The monoisotopic (exact) mass is 250 g/mol. The van der Waals surface area contributed by atoms with E-state index in [2.05, 4.69) is 14.7 Å². The van der Waals surface area contributed by atoms with Crippen LogP contribution in [0.15, 0.2) is 23.6 Å². The highest BCUT2D eigenvalue weighted by Crippen LogP contribution is 2.23. The zero-order chi connectivity index (χ0) is 12.3. The van der Waals surface area contributed by atoms with Crippen LogP contribution < -0.4 is 4.74 Å². The van der Waals surface area contributed by atoms with Gasteiger partial charge in [-0.1, -0.05) is 6.07 Å². The van der Waals surface area contributed by atoms with Crippen molar-refractivity contribution in [2.24, 2.45) is 0 Å². The molecule has 17 heavy (non-hydrogen) atoms. The Bertz CT molecular complexity index is 539. The fourth-order valence-electron chi connectivity index (χ4n) is 1.24. The number of methoxy groups -OCH3 is 2. The summed E-state index contributed by atoms with van der Waals surface area (Å²) in [6.07, 6.45) is 0. The first-order chi connectivity index (χ1) is 8.24. The predicted molar refractivity (Wildman–Crippen MR) is 63.2 cm³/mol. The second kappa shape index (κ2) is 4.92. The second-order valence-corrected chi connectivity index (χ2v) is 3.95. The highest BCUT2D eigenvalue weighted by molar-refractivity contribution is 7.13. The lowest BCUT2D eigenvalue weighted by Crippen LogP contribution is -2.01. The number of carbonyl (C=O) groups is 1. The van der Waals surface area contributed by atoms with E-state index in [1.54, 1.807) is 18.6 Å². The van der Waals surface area contributed by atoms with Gasteiger partial charge < -0.3 is 9.47 Å². The Kier molecular flexibility index (Phi) is 3.34. The van der Waals surface area contributed by atoms with Gasteiger partial charge in [0.1, 0.15) is 10.7 Å². The average molecular weight is 250 g/mol. The number of rotatable bonds is 3. The fourth-order valence-corrected chi connectivity index (χ4v) is 2.00. The lowest BCUT2D eigenvalue weighted by Gasteiger charge is -1.99. The Hall–Kier alpha value is -1.95. The van der Waals surface area contributed by atoms with Crippen LogP contribution in [0.1, 0.15) is 10.5 Å². The van der Waals surface area contributed by atoms with Crippen molar-refractivity contribution in [3.05, 3.63) is 29.3 Å². The van der Waals surface area contributed by atoms with Crippen LogP contribution in [0.3, 0.4) is 0 Å². The summed E-state index contributed by atoms with van der Waals surface area (Å²) < 4.78 is 9.62. The van der Waals surface area contributed by atoms with Gasteiger partial charge in [0, 0.05) is 11.4 Å². The summed E-state index contributed by atoms with van der Waals surface area (Å²) in [7, 11) is 2.87. The Morgan fingerprint density at radius 1 is 1.29 bits per heavy atom. The molecular weight excluding hydrogens is 240 g/mol. The molecule has 6 heteroatoms. The third-order valence-electron chi connectivity index (χ3n) is 2.05. The summed E-state index contributed by atoms with van der Waals surface area (Å²) in [4.78, 5) is 19.6. The predicted octanol–water partition coefficient (Wildman–Crippen LogP) is 2.00. The number of carbonyl (C=O) groups excluding carboxylic acids is 1. The first-order valence-electron chi connectivity index (χ1n) is 4.80. The molecule has 0 saturated heterocycles. The first kappa shape index (κ1) is 11.5. The lowest BCUT2D eigenvalue weighted by molar-refractivity contribution is 0.0595. The molecule has 0 spiro atoms. The second-order valence-electron chi connectivity index (χ2n) is 3.09. The summed E-state index contributed by atoms with van der Waals surface area (Å²) in [6.45, 7) is 0. The zero-order valence-electron chi connectivity index (χ0n) is 9.34. The van der Waals surface area contributed by atoms with E-state index in [1.807, 2.05) is 12.1 Å². The third kappa shape index (κ3) is 2.42. The van der Waals surface area contributed by atoms with E-state index in [-0.39, 0.29) is 5.69 Å². The van der Waals surface area contributed by atoms with Gasteiger partial charge in [0.25, 0.3) is 0 Å². The summed E-state index contributed by atoms with van der Waals surface area (Å²) in [6, 6.07) is 5.38. The fraction of sp³-hybridized carbons (Fsp3) is 0.182. The molecule has 0 fully saturated rings. The molecule has 0 N–H and O–H groups in total. The van der Waals surface area contributed by atoms with Gasteiger partial charge in [-0.2, -0.15) is 0 Å². The van der Waals surface area contributed by atoms with E-state index in [4.69, 9.17) is 4.74 Å². The van der Waals surface area contributed by atoms with Gasteiger partial charge in [-0.15, -0.1) is 11.3 Å². The van der Waals surface area contributed by atoms with Crippen LogP contribution in [0.4, 0.5) is 0 Å². The quantitative estimate of drug-likeness (QED) is 0.780. The molecule has 2 aromatic rings. The molecule has 5 nitrogen and oxygen atoms in total. The normalized spacial score (nSPS) is 10.0. The van der Waals surface area contributed by atoms with Crippen LogP contribution in [-0.2, 0) is 4.74 Å². The van der Waals surface area contributed by atoms with Crippen molar-refractivity contribution in [3.63, 3.8) is 0 Å². The molecule has 88 valence electrons. The SMILES string of the molecule is COC(=O)c1csc(-c2cccc(OC)n2)n1. The van der Waals surface area contributed by atoms with Crippen molar-refractivity contribution >= 4 is 17.3 Å². The number of aromatic nitrogens is 2. The Morgan fingerprint density at radius 2 is 2.12 bits per heavy atom. The van der Waals surface area contributed by atoms with E-state index in [0.717, 1.165) is 0 Å². The minimum atomic E-state index is -0.449. The van der Waals surface area contributed by atoms with Crippen molar-refractivity contribution in [2.75, 3.05) is 14.2 Å². The van der Waals surface area contributed by atoms with Crippen molar-refractivity contribution in [2.45, 2.75) is 0 Å². The van der Waals surface area contributed by atoms with Gasteiger partial charge in [0.15, 0.2) is 5.69 Å². The molecule has 0 atom stereocenters. The van der Waals surface area contributed by atoms with Crippen LogP contribution in [0, 0.1) is 0 Å². The largest absolute Gasteiger partial charge is 0.481 e. The van der Waals surface area contributed by atoms with Gasteiger partial charge >= 0.3 is 5.97 Å². The maximum atomic E-state index is 11.3. The minimum absolute atomic E-state index is 0.289. The molecule has 2 rings (SSSR count). The maximum Gasteiger partial charge on any atom is 0.357 e. The highest BCUT2D eigenvalue weighted by atomic mass is 32.1. The summed E-state index contributed by atoms with van der Waals surface area (Å²) in [5.41, 5.74) is 0.960. The van der Waals surface area contributed by atoms with E-state index in [9.17, 15) is 4.79 Å². The van der Waals surface area contributed by atoms with Crippen LogP contribution in [0.5, 0.6) is 5.88 Å². The molecule has 0 unspecified atom stereocenters.